The Balaban J connectivity index is 3.15. The first-order valence-corrected chi connectivity index (χ1v) is 4.19. The maximum atomic E-state index is 9.25. The lowest BCUT2D eigenvalue weighted by molar-refractivity contribution is 0.111. The van der Waals surface area contributed by atoms with Gasteiger partial charge in [-0.05, 0) is 25.3 Å². The third-order valence-electron chi connectivity index (χ3n) is 1.41. The zero-order chi connectivity index (χ0) is 8.69. The Hall–Kier alpha value is -0.120. The van der Waals surface area contributed by atoms with E-state index in [1.165, 1.54) is 0 Å². The summed E-state index contributed by atoms with van der Waals surface area (Å²) in [4.78, 5) is 0. The zero-order valence-electron chi connectivity index (χ0n) is 7.38. The molecule has 0 aliphatic carbocycles. The summed E-state index contributed by atoms with van der Waals surface area (Å²) in [5, 5.41) is 20.6. The molecule has 0 aliphatic heterocycles. The minimum atomic E-state index is -0.415. The Labute approximate surface area is 68.4 Å². The van der Waals surface area contributed by atoms with Gasteiger partial charge in [-0.15, -0.1) is 0 Å². The number of hydrogen-bond acceptors (Lipinski definition) is 3. The Bertz CT molecular complexity index is 86.2. The van der Waals surface area contributed by atoms with Gasteiger partial charge in [0, 0.05) is 6.61 Å². The second-order valence-corrected chi connectivity index (χ2v) is 3.18. The van der Waals surface area contributed by atoms with Crippen molar-refractivity contribution < 1.29 is 10.2 Å². The molecule has 0 heterocycles. The maximum absolute atomic E-state index is 9.25. The monoisotopic (exact) mass is 161 g/mol. The summed E-state index contributed by atoms with van der Waals surface area (Å²) in [6.07, 6.45) is 1.06. The quantitative estimate of drug-likeness (QED) is 0.388. The van der Waals surface area contributed by atoms with Crippen molar-refractivity contribution in [3.63, 3.8) is 0 Å². The number of aliphatic hydroxyl groups is 2. The third kappa shape index (κ3) is 7.78. The Morgan fingerprint density at radius 2 is 2.00 bits per heavy atom. The SMILES string of the molecule is CC(C)CC(O)NCCCO. The summed E-state index contributed by atoms with van der Waals surface area (Å²) in [6, 6.07) is 0. The van der Waals surface area contributed by atoms with Crippen LogP contribution in [-0.2, 0) is 0 Å². The molecule has 0 aromatic rings. The van der Waals surface area contributed by atoms with E-state index < -0.39 is 6.23 Å². The second kappa shape index (κ2) is 6.58. The molecule has 0 saturated heterocycles. The first kappa shape index (κ1) is 10.9. The highest BCUT2D eigenvalue weighted by Gasteiger charge is 2.04. The van der Waals surface area contributed by atoms with E-state index in [1.807, 2.05) is 0 Å². The summed E-state index contributed by atoms with van der Waals surface area (Å²) in [5.74, 6) is 0.506. The first-order chi connectivity index (χ1) is 5.16. The molecule has 0 saturated carbocycles. The lowest BCUT2D eigenvalue weighted by Gasteiger charge is -2.13. The molecule has 0 aromatic carbocycles. The van der Waals surface area contributed by atoms with E-state index >= 15 is 0 Å². The van der Waals surface area contributed by atoms with Crippen LogP contribution < -0.4 is 5.32 Å². The van der Waals surface area contributed by atoms with Gasteiger partial charge in [-0.3, -0.25) is 5.32 Å². The number of aliphatic hydroxyl groups excluding tert-OH is 2. The molecule has 0 spiro atoms. The van der Waals surface area contributed by atoms with Gasteiger partial charge < -0.3 is 10.2 Å². The smallest absolute Gasteiger partial charge is 0.105 e. The summed E-state index contributed by atoms with van der Waals surface area (Å²) < 4.78 is 0. The standard InChI is InChI=1S/C8H19NO2/c1-7(2)6-8(11)9-4-3-5-10/h7-11H,3-6H2,1-2H3. The minimum Gasteiger partial charge on any atom is -0.396 e. The molecule has 0 amide bonds. The van der Waals surface area contributed by atoms with Crippen LogP contribution in [0.1, 0.15) is 26.7 Å². The molecule has 0 rings (SSSR count). The summed E-state index contributed by atoms with van der Waals surface area (Å²) in [5.41, 5.74) is 0. The molecule has 0 radical (unpaired) electrons. The van der Waals surface area contributed by atoms with Crippen LogP contribution in [0.3, 0.4) is 0 Å². The molecule has 1 atom stereocenters. The number of nitrogens with one attached hydrogen (secondary N) is 1. The van der Waals surface area contributed by atoms with E-state index in [4.69, 9.17) is 5.11 Å². The highest BCUT2D eigenvalue weighted by Crippen LogP contribution is 2.01. The largest absolute Gasteiger partial charge is 0.396 e. The van der Waals surface area contributed by atoms with Gasteiger partial charge in [-0.25, -0.2) is 0 Å². The summed E-state index contributed by atoms with van der Waals surface area (Å²) in [6.45, 7) is 5.00. The van der Waals surface area contributed by atoms with E-state index in [1.54, 1.807) is 0 Å². The average Bonchev–Trinajstić information content (AvgIpc) is 1.86. The van der Waals surface area contributed by atoms with Crippen LogP contribution in [0, 0.1) is 5.92 Å². The van der Waals surface area contributed by atoms with Crippen molar-refractivity contribution >= 4 is 0 Å². The van der Waals surface area contributed by atoms with E-state index in [0.29, 0.717) is 18.9 Å². The van der Waals surface area contributed by atoms with Crippen molar-refractivity contribution in [3.05, 3.63) is 0 Å². The van der Waals surface area contributed by atoms with Crippen LogP contribution in [0.2, 0.25) is 0 Å². The van der Waals surface area contributed by atoms with E-state index in [9.17, 15) is 5.11 Å². The van der Waals surface area contributed by atoms with Crippen molar-refractivity contribution in [3.8, 4) is 0 Å². The molecule has 0 fully saturated rings. The van der Waals surface area contributed by atoms with E-state index in [0.717, 1.165) is 6.42 Å². The maximum Gasteiger partial charge on any atom is 0.105 e. The van der Waals surface area contributed by atoms with Gasteiger partial charge in [0.25, 0.3) is 0 Å². The van der Waals surface area contributed by atoms with Gasteiger partial charge in [0.1, 0.15) is 6.23 Å². The van der Waals surface area contributed by atoms with Gasteiger partial charge in [-0.1, -0.05) is 13.8 Å². The van der Waals surface area contributed by atoms with E-state index in [2.05, 4.69) is 19.2 Å². The first-order valence-electron chi connectivity index (χ1n) is 4.19. The molecular weight excluding hydrogens is 142 g/mol. The van der Waals surface area contributed by atoms with Gasteiger partial charge in [0.15, 0.2) is 0 Å². The lowest BCUT2D eigenvalue weighted by atomic mass is 10.1. The fourth-order valence-electron chi connectivity index (χ4n) is 0.878. The van der Waals surface area contributed by atoms with Crippen LogP contribution >= 0.6 is 0 Å². The summed E-state index contributed by atoms with van der Waals surface area (Å²) in [7, 11) is 0. The zero-order valence-corrected chi connectivity index (χ0v) is 7.38. The Morgan fingerprint density at radius 3 is 2.45 bits per heavy atom. The molecule has 0 bridgehead atoms. The van der Waals surface area contributed by atoms with Gasteiger partial charge in [-0.2, -0.15) is 0 Å². The molecule has 0 aliphatic rings. The average molecular weight is 161 g/mol. The second-order valence-electron chi connectivity index (χ2n) is 3.18. The highest BCUT2D eigenvalue weighted by molar-refractivity contribution is 4.55. The van der Waals surface area contributed by atoms with E-state index in [-0.39, 0.29) is 6.61 Å². The molecule has 3 heteroatoms. The molecule has 3 nitrogen and oxygen atoms in total. The predicted octanol–water partition coefficient (Wildman–Crippen LogP) is 0.323. The van der Waals surface area contributed by atoms with Crippen molar-refractivity contribution in [2.75, 3.05) is 13.2 Å². The molecular formula is C8H19NO2. The summed E-state index contributed by atoms with van der Waals surface area (Å²) >= 11 is 0. The normalized spacial score (nSPS) is 13.9. The highest BCUT2D eigenvalue weighted by atomic mass is 16.3. The fourth-order valence-corrected chi connectivity index (χ4v) is 0.878. The molecule has 11 heavy (non-hydrogen) atoms. The Kier molecular flexibility index (Phi) is 6.51. The van der Waals surface area contributed by atoms with Crippen LogP contribution in [0.25, 0.3) is 0 Å². The fraction of sp³-hybridized carbons (Fsp3) is 1.00. The molecule has 0 aromatic heterocycles. The molecule has 1 unspecified atom stereocenters. The van der Waals surface area contributed by atoms with Crippen LogP contribution in [0.15, 0.2) is 0 Å². The number of rotatable bonds is 6. The lowest BCUT2D eigenvalue weighted by Crippen LogP contribution is -2.31. The van der Waals surface area contributed by atoms with Crippen LogP contribution in [0.5, 0.6) is 0 Å². The van der Waals surface area contributed by atoms with Gasteiger partial charge >= 0.3 is 0 Å². The van der Waals surface area contributed by atoms with Crippen molar-refractivity contribution in [1.82, 2.24) is 5.32 Å². The van der Waals surface area contributed by atoms with Gasteiger partial charge in [0.05, 0.1) is 0 Å². The van der Waals surface area contributed by atoms with Crippen molar-refractivity contribution in [2.24, 2.45) is 5.92 Å². The molecule has 3 N–H and O–H groups in total. The van der Waals surface area contributed by atoms with Crippen molar-refractivity contribution in [2.45, 2.75) is 32.9 Å². The number of hydrogen-bond donors (Lipinski definition) is 3. The van der Waals surface area contributed by atoms with Gasteiger partial charge in [0.2, 0.25) is 0 Å². The molecule has 68 valence electrons. The van der Waals surface area contributed by atoms with Crippen molar-refractivity contribution in [1.29, 1.82) is 0 Å². The topological polar surface area (TPSA) is 52.5 Å². The third-order valence-corrected chi connectivity index (χ3v) is 1.41. The minimum absolute atomic E-state index is 0.182. The predicted molar refractivity (Wildman–Crippen MR) is 45.2 cm³/mol. The van der Waals surface area contributed by atoms with Crippen LogP contribution in [0.4, 0.5) is 0 Å². The Morgan fingerprint density at radius 1 is 1.36 bits per heavy atom. The van der Waals surface area contributed by atoms with Crippen LogP contribution in [-0.4, -0.2) is 29.6 Å².